The summed E-state index contributed by atoms with van der Waals surface area (Å²) in [6.07, 6.45) is 4.11. The van der Waals surface area contributed by atoms with Crippen LogP contribution in [-0.4, -0.2) is 25.2 Å². The number of hydrogen-bond acceptors (Lipinski definition) is 3. The lowest BCUT2D eigenvalue weighted by Gasteiger charge is -2.36. The second-order valence-corrected chi connectivity index (χ2v) is 6.29. The van der Waals surface area contributed by atoms with Crippen molar-refractivity contribution in [3.05, 3.63) is 23.8 Å². The third-order valence-electron chi connectivity index (χ3n) is 4.08. The molecule has 2 rings (SSSR count). The largest absolute Gasteiger partial charge is 0.489 e. The molecular formula is C18H30N2O. The molecule has 1 aliphatic rings. The summed E-state index contributed by atoms with van der Waals surface area (Å²) >= 11 is 0. The van der Waals surface area contributed by atoms with E-state index < -0.39 is 0 Å². The molecule has 21 heavy (non-hydrogen) atoms. The summed E-state index contributed by atoms with van der Waals surface area (Å²) in [4.78, 5) is 2.51. The Morgan fingerprint density at radius 3 is 2.81 bits per heavy atom. The van der Waals surface area contributed by atoms with Gasteiger partial charge in [0, 0.05) is 19.1 Å². The standard InChI is InChI=1S/C18H30N2O/c1-5-19-13-16-9-10-17(18(12-16)21-14(2)3)20-11-7-6-8-15(20)4/h9-10,12,14-15,19H,5-8,11,13H2,1-4H3. The molecule has 3 heteroatoms. The molecule has 1 atom stereocenters. The molecule has 0 aromatic heterocycles. The van der Waals surface area contributed by atoms with Crippen LogP contribution in [0.1, 0.15) is 52.5 Å². The molecule has 1 aliphatic heterocycles. The van der Waals surface area contributed by atoms with E-state index in [0.717, 1.165) is 25.4 Å². The van der Waals surface area contributed by atoms with Gasteiger partial charge in [0.15, 0.2) is 0 Å². The average molecular weight is 290 g/mol. The van der Waals surface area contributed by atoms with Gasteiger partial charge in [-0.1, -0.05) is 13.0 Å². The van der Waals surface area contributed by atoms with Crippen molar-refractivity contribution >= 4 is 5.69 Å². The van der Waals surface area contributed by atoms with Gasteiger partial charge in [-0.3, -0.25) is 0 Å². The van der Waals surface area contributed by atoms with Crippen LogP contribution in [0.25, 0.3) is 0 Å². The molecule has 0 radical (unpaired) electrons. The molecule has 1 fully saturated rings. The smallest absolute Gasteiger partial charge is 0.143 e. The van der Waals surface area contributed by atoms with E-state index in [9.17, 15) is 0 Å². The van der Waals surface area contributed by atoms with Crippen molar-refractivity contribution in [2.75, 3.05) is 18.0 Å². The number of benzene rings is 1. The zero-order chi connectivity index (χ0) is 15.2. The van der Waals surface area contributed by atoms with Crippen molar-refractivity contribution < 1.29 is 4.74 Å². The summed E-state index contributed by atoms with van der Waals surface area (Å²) in [7, 11) is 0. The van der Waals surface area contributed by atoms with Gasteiger partial charge < -0.3 is 15.0 Å². The van der Waals surface area contributed by atoms with Crippen molar-refractivity contribution in [2.24, 2.45) is 0 Å². The molecule has 1 heterocycles. The first-order valence-corrected chi connectivity index (χ1v) is 8.38. The minimum atomic E-state index is 0.207. The predicted molar refractivity (Wildman–Crippen MR) is 90.2 cm³/mol. The number of ether oxygens (including phenoxy) is 1. The van der Waals surface area contributed by atoms with Crippen LogP contribution >= 0.6 is 0 Å². The molecule has 0 saturated carbocycles. The topological polar surface area (TPSA) is 24.5 Å². The average Bonchev–Trinajstić information content (AvgIpc) is 2.46. The highest BCUT2D eigenvalue weighted by atomic mass is 16.5. The number of rotatable bonds is 6. The second-order valence-electron chi connectivity index (χ2n) is 6.29. The molecule has 1 N–H and O–H groups in total. The lowest BCUT2D eigenvalue weighted by Crippen LogP contribution is -2.37. The van der Waals surface area contributed by atoms with Crippen molar-refractivity contribution in [1.29, 1.82) is 0 Å². The number of piperidine rings is 1. The van der Waals surface area contributed by atoms with Gasteiger partial charge in [-0.2, -0.15) is 0 Å². The summed E-state index contributed by atoms with van der Waals surface area (Å²) in [6.45, 7) is 11.7. The van der Waals surface area contributed by atoms with Crippen LogP contribution < -0.4 is 15.0 Å². The van der Waals surface area contributed by atoms with E-state index in [0.29, 0.717) is 6.04 Å². The van der Waals surface area contributed by atoms with Crippen LogP contribution in [0.15, 0.2) is 18.2 Å². The summed E-state index contributed by atoms with van der Waals surface area (Å²) in [5.41, 5.74) is 2.55. The Morgan fingerprint density at radius 1 is 1.33 bits per heavy atom. The number of nitrogens with zero attached hydrogens (tertiary/aromatic N) is 1. The lowest BCUT2D eigenvalue weighted by atomic mass is 10.0. The summed E-state index contributed by atoms with van der Waals surface area (Å²) in [5.74, 6) is 1.04. The van der Waals surface area contributed by atoms with Crippen LogP contribution in [0.2, 0.25) is 0 Å². The third-order valence-corrected chi connectivity index (χ3v) is 4.08. The number of nitrogens with one attached hydrogen (secondary N) is 1. The molecular weight excluding hydrogens is 260 g/mol. The van der Waals surface area contributed by atoms with Crippen molar-refractivity contribution in [3.8, 4) is 5.75 Å². The molecule has 0 amide bonds. The van der Waals surface area contributed by atoms with Gasteiger partial charge in [0.1, 0.15) is 5.75 Å². The summed E-state index contributed by atoms with van der Waals surface area (Å²) < 4.78 is 6.10. The van der Waals surface area contributed by atoms with Crippen LogP contribution in [0.5, 0.6) is 5.75 Å². The fraction of sp³-hybridized carbons (Fsp3) is 0.667. The Labute approximate surface area is 129 Å². The van der Waals surface area contributed by atoms with Gasteiger partial charge in [-0.15, -0.1) is 0 Å². The molecule has 118 valence electrons. The highest BCUT2D eigenvalue weighted by Crippen LogP contribution is 2.34. The van der Waals surface area contributed by atoms with E-state index in [1.54, 1.807) is 0 Å². The molecule has 1 saturated heterocycles. The Hall–Kier alpha value is -1.22. The van der Waals surface area contributed by atoms with E-state index in [2.05, 4.69) is 56.1 Å². The van der Waals surface area contributed by atoms with E-state index in [1.165, 1.54) is 30.5 Å². The van der Waals surface area contributed by atoms with Crippen molar-refractivity contribution in [1.82, 2.24) is 5.32 Å². The maximum Gasteiger partial charge on any atom is 0.143 e. The first-order chi connectivity index (χ1) is 10.1. The fourth-order valence-electron chi connectivity index (χ4n) is 2.98. The minimum absolute atomic E-state index is 0.207. The number of hydrogen-bond donors (Lipinski definition) is 1. The Bertz CT molecular complexity index is 445. The lowest BCUT2D eigenvalue weighted by molar-refractivity contribution is 0.242. The van der Waals surface area contributed by atoms with Gasteiger partial charge in [0.05, 0.1) is 11.8 Å². The van der Waals surface area contributed by atoms with Gasteiger partial charge in [-0.05, 0) is 64.3 Å². The fourth-order valence-corrected chi connectivity index (χ4v) is 2.98. The normalized spacial score (nSPS) is 19.1. The third kappa shape index (κ3) is 4.37. The van der Waals surface area contributed by atoms with Gasteiger partial charge in [0.25, 0.3) is 0 Å². The molecule has 1 aromatic rings. The molecule has 0 aliphatic carbocycles. The maximum atomic E-state index is 6.10. The van der Waals surface area contributed by atoms with E-state index in [1.807, 2.05) is 0 Å². The van der Waals surface area contributed by atoms with Gasteiger partial charge >= 0.3 is 0 Å². The molecule has 1 unspecified atom stereocenters. The van der Waals surface area contributed by atoms with E-state index in [-0.39, 0.29) is 6.10 Å². The van der Waals surface area contributed by atoms with Crippen LogP contribution in [0.4, 0.5) is 5.69 Å². The van der Waals surface area contributed by atoms with Crippen LogP contribution in [-0.2, 0) is 6.54 Å². The zero-order valence-corrected chi connectivity index (χ0v) is 14.0. The second kappa shape index (κ2) is 7.69. The highest BCUT2D eigenvalue weighted by molar-refractivity contribution is 5.60. The highest BCUT2D eigenvalue weighted by Gasteiger charge is 2.22. The first kappa shape index (κ1) is 16.2. The van der Waals surface area contributed by atoms with Crippen LogP contribution in [0.3, 0.4) is 0 Å². The Morgan fingerprint density at radius 2 is 2.14 bits per heavy atom. The summed E-state index contributed by atoms with van der Waals surface area (Å²) in [6, 6.07) is 7.28. The van der Waals surface area contributed by atoms with Crippen molar-refractivity contribution in [3.63, 3.8) is 0 Å². The maximum absolute atomic E-state index is 6.10. The van der Waals surface area contributed by atoms with E-state index >= 15 is 0 Å². The van der Waals surface area contributed by atoms with Gasteiger partial charge in [-0.25, -0.2) is 0 Å². The molecule has 0 bridgehead atoms. The summed E-state index contributed by atoms with van der Waals surface area (Å²) in [5, 5.41) is 3.38. The SMILES string of the molecule is CCNCc1ccc(N2CCCCC2C)c(OC(C)C)c1. The quantitative estimate of drug-likeness (QED) is 0.858. The monoisotopic (exact) mass is 290 g/mol. The molecule has 3 nitrogen and oxygen atoms in total. The number of anilines is 1. The Kier molecular flexibility index (Phi) is 5.92. The predicted octanol–water partition coefficient (Wildman–Crippen LogP) is 3.96. The molecule has 0 spiro atoms. The van der Waals surface area contributed by atoms with Crippen molar-refractivity contribution in [2.45, 2.75) is 65.6 Å². The zero-order valence-electron chi connectivity index (χ0n) is 14.0. The van der Waals surface area contributed by atoms with E-state index in [4.69, 9.17) is 4.74 Å². The Balaban J connectivity index is 2.25. The first-order valence-electron chi connectivity index (χ1n) is 8.38. The minimum Gasteiger partial charge on any atom is -0.489 e. The van der Waals surface area contributed by atoms with Crippen LogP contribution in [0, 0.1) is 0 Å². The molecule has 1 aromatic carbocycles. The van der Waals surface area contributed by atoms with Gasteiger partial charge in [0.2, 0.25) is 0 Å².